The third kappa shape index (κ3) is 6.55. The number of isocyanates is 2. The van der Waals surface area contributed by atoms with E-state index >= 15 is 0 Å². The second-order valence-electron chi connectivity index (χ2n) is 6.53. The predicted octanol–water partition coefficient (Wildman–Crippen LogP) is 4.89. The van der Waals surface area contributed by atoms with Crippen molar-refractivity contribution in [3.05, 3.63) is 48.5 Å². The first-order chi connectivity index (χ1) is 13.1. The highest BCUT2D eigenvalue weighted by molar-refractivity contribution is 5.50. The molecule has 0 bridgehead atoms. The number of aliphatic imine (C=N–C) groups is 2. The smallest absolute Gasteiger partial charge is 0.240 e. The van der Waals surface area contributed by atoms with Gasteiger partial charge in [0.25, 0.3) is 0 Å². The first kappa shape index (κ1) is 20.1. The number of ether oxygens (including phenoxy) is 2. The second-order valence-corrected chi connectivity index (χ2v) is 6.53. The van der Waals surface area contributed by atoms with Gasteiger partial charge in [-0.15, -0.1) is 0 Å². The van der Waals surface area contributed by atoms with Gasteiger partial charge in [-0.1, -0.05) is 20.3 Å². The Hall–Kier alpha value is -3.20. The van der Waals surface area contributed by atoms with Gasteiger partial charge in [0.2, 0.25) is 12.2 Å². The molecule has 0 N–H and O–H groups in total. The van der Waals surface area contributed by atoms with E-state index in [1.165, 1.54) is 12.2 Å². The van der Waals surface area contributed by atoms with Crippen LogP contribution in [0.15, 0.2) is 58.5 Å². The third-order valence-corrected chi connectivity index (χ3v) is 4.05. The Bertz CT molecular complexity index is 753. The number of rotatable bonds is 10. The van der Waals surface area contributed by atoms with Gasteiger partial charge in [-0.25, -0.2) is 9.59 Å². The number of benzene rings is 2. The van der Waals surface area contributed by atoms with Crippen molar-refractivity contribution in [3.8, 4) is 11.5 Å². The summed E-state index contributed by atoms with van der Waals surface area (Å²) in [5.41, 5.74) is 0.910. The van der Waals surface area contributed by atoms with Gasteiger partial charge in [0.05, 0.1) is 24.6 Å². The fourth-order valence-electron chi connectivity index (χ4n) is 2.64. The number of hydrogen-bond donors (Lipinski definition) is 0. The summed E-state index contributed by atoms with van der Waals surface area (Å²) >= 11 is 0. The minimum atomic E-state index is -0.173. The molecule has 0 saturated heterocycles. The summed E-state index contributed by atoms with van der Waals surface area (Å²) in [5, 5.41) is 0. The van der Waals surface area contributed by atoms with E-state index in [1.807, 2.05) is 0 Å². The predicted molar refractivity (Wildman–Crippen MR) is 102 cm³/mol. The van der Waals surface area contributed by atoms with Gasteiger partial charge < -0.3 is 9.47 Å². The molecule has 6 nitrogen and oxygen atoms in total. The molecule has 2 rings (SSSR count). The van der Waals surface area contributed by atoms with Crippen molar-refractivity contribution in [1.29, 1.82) is 0 Å². The second kappa shape index (κ2) is 10.1. The van der Waals surface area contributed by atoms with Gasteiger partial charge in [-0.2, -0.15) is 9.98 Å². The maximum atomic E-state index is 10.3. The van der Waals surface area contributed by atoms with Gasteiger partial charge in [0, 0.05) is 5.41 Å². The molecule has 0 spiro atoms. The van der Waals surface area contributed by atoms with Crippen LogP contribution in [0.25, 0.3) is 0 Å². The molecule has 0 atom stereocenters. The van der Waals surface area contributed by atoms with E-state index in [-0.39, 0.29) is 5.41 Å². The normalized spacial score (nSPS) is 12.2. The molecule has 0 aromatic heterocycles. The lowest BCUT2D eigenvalue weighted by Gasteiger charge is -2.29. The van der Waals surface area contributed by atoms with Gasteiger partial charge in [-0.3, -0.25) is 0 Å². The van der Waals surface area contributed by atoms with Crippen molar-refractivity contribution in [2.24, 2.45) is 15.4 Å². The average Bonchev–Trinajstić information content (AvgIpc) is 2.68. The first-order valence-electron chi connectivity index (χ1n) is 8.70. The zero-order valence-corrected chi connectivity index (χ0v) is 15.5. The van der Waals surface area contributed by atoms with Crippen LogP contribution in [0.1, 0.15) is 26.7 Å². The highest BCUT2D eigenvalue weighted by Crippen LogP contribution is 2.28. The molecule has 0 aliphatic carbocycles. The van der Waals surface area contributed by atoms with Gasteiger partial charge in [-0.05, 0) is 55.0 Å². The zero-order valence-electron chi connectivity index (χ0n) is 15.5. The van der Waals surface area contributed by atoms with E-state index in [0.717, 1.165) is 12.8 Å². The van der Waals surface area contributed by atoms with Crippen LogP contribution in [-0.4, -0.2) is 25.4 Å². The minimum absolute atomic E-state index is 0.173. The standard InChI is InChI=1S/C21H22N2O4/c1-3-12-21(2,13-26-19-8-4-17(5-9-19)22-15-24)14-27-20-10-6-18(7-11-20)23-16-25/h4-11H,3,12-14H2,1-2H3. The van der Waals surface area contributed by atoms with Crippen LogP contribution in [0.4, 0.5) is 11.4 Å². The lowest BCUT2D eigenvalue weighted by Crippen LogP contribution is -2.32. The lowest BCUT2D eigenvalue weighted by molar-refractivity contribution is 0.0855. The molecule has 0 aliphatic rings. The molecule has 0 amide bonds. The van der Waals surface area contributed by atoms with Crippen LogP contribution < -0.4 is 9.47 Å². The maximum Gasteiger partial charge on any atom is 0.240 e. The molecule has 2 aromatic rings. The summed E-state index contributed by atoms with van der Waals surface area (Å²) in [6.07, 6.45) is 4.97. The SMILES string of the molecule is CCCC(C)(COc1ccc(N=C=O)cc1)COc1ccc(N=C=O)cc1. The van der Waals surface area contributed by atoms with Crippen LogP contribution >= 0.6 is 0 Å². The van der Waals surface area contributed by atoms with E-state index < -0.39 is 0 Å². The highest BCUT2D eigenvalue weighted by atomic mass is 16.5. The summed E-state index contributed by atoms with van der Waals surface area (Å²) in [6, 6.07) is 13.9. The summed E-state index contributed by atoms with van der Waals surface area (Å²) in [7, 11) is 0. The Labute approximate surface area is 158 Å². The molecular formula is C21H22N2O4. The van der Waals surface area contributed by atoms with Crippen LogP contribution in [0.2, 0.25) is 0 Å². The van der Waals surface area contributed by atoms with E-state index in [0.29, 0.717) is 36.1 Å². The van der Waals surface area contributed by atoms with E-state index in [1.54, 1.807) is 48.5 Å². The quantitative estimate of drug-likeness (QED) is 0.443. The molecule has 2 aromatic carbocycles. The molecule has 27 heavy (non-hydrogen) atoms. The van der Waals surface area contributed by atoms with Gasteiger partial charge in [0.15, 0.2) is 0 Å². The summed E-state index contributed by atoms with van der Waals surface area (Å²) < 4.78 is 11.8. The van der Waals surface area contributed by atoms with E-state index in [4.69, 9.17) is 9.47 Å². The monoisotopic (exact) mass is 366 g/mol. The summed E-state index contributed by atoms with van der Waals surface area (Å²) in [6.45, 7) is 5.22. The molecular weight excluding hydrogens is 344 g/mol. The zero-order chi connectivity index (χ0) is 19.5. The molecule has 0 unspecified atom stereocenters. The van der Waals surface area contributed by atoms with Crippen molar-refractivity contribution >= 4 is 23.5 Å². The Kier molecular flexibility index (Phi) is 7.50. The van der Waals surface area contributed by atoms with Crippen LogP contribution in [0.5, 0.6) is 11.5 Å². The topological polar surface area (TPSA) is 77.3 Å². The fourth-order valence-corrected chi connectivity index (χ4v) is 2.64. The van der Waals surface area contributed by atoms with E-state index in [9.17, 15) is 9.59 Å². The molecule has 6 heteroatoms. The minimum Gasteiger partial charge on any atom is -0.493 e. The van der Waals surface area contributed by atoms with Crippen molar-refractivity contribution < 1.29 is 19.1 Å². The Morgan fingerprint density at radius 3 is 1.56 bits per heavy atom. The number of hydrogen-bond acceptors (Lipinski definition) is 6. The van der Waals surface area contributed by atoms with Crippen molar-refractivity contribution in [3.63, 3.8) is 0 Å². The van der Waals surface area contributed by atoms with Crippen molar-refractivity contribution in [2.75, 3.05) is 13.2 Å². The van der Waals surface area contributed by atoms with Crippen LogP contribution in [0, 0.1) is 5.41 Å². The fraction of sp³-hybridized carbons (Fsp3) is 0.333. The molecule has 0 fully saturated rings. The Morgan fingerprint density at radius 1 is 0.815 bits per heavy atom. The number of nitrogens with zero attached hydrogens (tertiary/aromatic N) is 2. The Balaban J connectivity index is 1.96. The first-order valence-corrected chi connectivity index (χ1v) is 8.70. The van der Waals surface area contributed by atoms with Crippen LogP contribution in [-0.2, 0) is 9.59 Å². The molecule has 140 valence electrons. The maximum absolute atomic E-state index is 10.3. The van der Waals surface area contributed by atoms with Crippen LogP contribution in [0.3, 0.4) is 0 Å². The molecule has 0 heterocycles. The van der Waals surface area contributed by atoms with E-state index in [2.05, 4.69) is 23.8 Å². The molecule has 0 saturated carbocycles. The number of carbonyl (C=O) groups excluding carboxylic acids is 2. The van der Waals surface area contributed by atoms with Crippen molar-refractivity contribution in [2.45, 2.75) is 26.7 Å². The molecule has 0 aliphatic heterocycles. The van der Waals surface area contributed by atoms with Crippen molar-refractivity contribution in [1.82, 2.24) is 0 Å². The largest absolute Gasteiger partial charge is 0.493 e. The Morgan fingerprint density at radius 2 is 1.22 bits per heavy atom. The summed E-state index contributed by atoms with van der Waals surface area (Å²) in [5.74, 6) is 1.41. The van der Waals surface area contributed by atoms with Gasteiger partial charge >= 0.3 is 0 Å². The molecule has 0 radical (unpaired) electrons. The third-order valence-electron chi connectivity index (χ3n) is 4.05. The lowest BCUT2D eigenvalue weighted by atomic mass is 9.87. The summed E-state index contributed by atoms with van der Waals surface area (Å²) in [4.78, 5) is 27.7. The van der Waals surface area contributed by atoms with Gasteiger partial charge in [0.1, 0.15) is 11.5 Å². The average molecular weight is 366 g/mol. The highest BCUT2D eigenvalue weighted by Gasteiger charge is 2.26.